The number of halogens is 1. The number of rotatable bonds is 1. The number of nitriles is 1. The summed E-state index contributed by atoms with van der Waals surface area (Å²) in [5.74, 6) is 0.424. The first kappa shape index (κ1) is 8.69. The summed E-state index contributed by atoms with van der Waals surface area (Å²) in [5, 5.41) is 8.91. The molecule has 1 rings (SSSR count). The van der Waals surface area contributed by atoms with Gasteiger partial charge in [0.15, 0.2) is 0 Å². The van der Waals surface area contributed by atoms with Crippen molar-refractivity contribution in [1.29, 1.82) is 5.26 Å². The second kappa shape index (κ2) is 3.33. The molecule has 0 spiro atoms. The molecule has 0 aliphatic rings. The average molecular weight is 183 g/mol. The molecule has 0 aliphatic carbocycles. The van der Waals surface area contributed by atoms with Gasteiger partial charge in [-0.15, -0.1) is 0 Å². The molecule has 1 aromatic carbocycles. The van der Waals surface area contributed by atoms with Gasteiger partial charge in [0, 0.05) is 0 Å². The summed E-state index contributed by atoms with van der Waals surface area (Å²) in [4.78, 5) is 0. The topological polar surface area (TPSA) is 59.0 Å². The van der Waals surface area contributed by atoms with Crippen LogP contribution in [0.1, 0.15) is 5.56 Å². The van der Waals surface area contributed by atoms with E-state index in [1.807, 2.05) is 6.07 Å². The van der Waals surface area contributed by atoms with E-state index in [9.17, 15) is 0 Å². The first-order chi connectivity index (χ1) is 5.69. The maximum Gasteiger partial charge on any atom is 0.140 e. The number of nitrogens with zero attached hydrogens (tertiary/aromatic N) is 1. The molecular formula is C8H7ClN2O. The van der Waals surface area contributed by atoms with Gasteiger partial charge in [-0.2, -0.15) is 5.26 Å². The molecule has 4 heteroatoms. The van der Waals surface area contributed by atoms with Crippen LogP contribution in [0, 0.1) is 11.3 Å². The van der Waals surface area contributed by atoms with E-state index in [4.69, 9.17) is 27.3 Å². The van der Waals surface area contributed by atoms with Gasteiger partial charge >= 0.3 is 0 Å². The van der Waals surface area contributed by atoms with Crippen LogP contribution in [0.25, 0.3) is 0 Å². The largest absolute Gasteiger partial charge is 0.495 e. The summed E-state index contributed by atoms with van der Waals surface area (Å²) in [5.41, 5.74) is 6.30. The molecule has 0 aromatic heterocycles. The van der Waals surface area contributed by atoms with Gasteiger partial charge in [-0.3, -0.25) is 0 Å². The summed E-state index contributed by atoms with van der Waals surface area (Å²) in [6.07, 6.45) is 0. The van der Waals surface area contributed by atoms with Gasteiger partial charge < -0.3 is 10.5 Å². The fourth-order valence-electron chi connectivity index (χ4n) is 0.832. The monoisotopic (exact) mass is 182 g/mol. The van der Waals surface area contributed by atoms with Crippen molar-refractivity contribution in [3.8, 4) is 11.8 Å². The van der Waals surface area contributed by atoms with Gasteiger partial charge in [0.05, 0.1) is 24.4 Å². The third kappa shape index (κ3) is 1.44. The Kier molecular flexibility index (Phi) is 2.41. The zero-order chi connectivity index (χ0) is 9.14. The lowest BCUT2D eigenvalue weighted by Gasteiger charge is -2.05. The zero-order valence-corrected chi connectivity index (χ0v) is 7.22. The summed E-state index contributed by atoms with van der Waals surface area (Å²) in [6.45, 7) is 0. The molecule has 0 bridgehead atoms. The van der Waals surface area contributed by atoms with Crippen molar-refractivity contribution in [3.63, 3.8) is 0 Å². The van der Waals surface area contributed by atoms with Crippen LogP contribution < -0.4 is 10.5 Å². The number of methoxy groups -OCH3 is 1. The molecular weight excluding hydrogens is 176 g/mol. The molecule has 0 aliphatic heterocycles. The molecule has 2 N–H and O–H groups in total. The fraction of sp³-hybridized carbons (Fsp3) is 0.125. The lowest BCUT2D eigenvalue weighted by molar-refractivity contribution is 0.415. The van der Waals surface area contributed by atoms with Crippen LogP contribution in [0.3, 0.4) is 0 Å². The van der Waals surface area contributed by atoms with Crippen LogP contribution in [0.5, 0.6) is 5.75 Å². The summed E-state index contributed by atoms with van der Waals surface area (Å²) >= 11 is 5.76. The molecule has 62 valence electrons. The number of nitrogens with two attached hydrogens (primary N) is 1. The van der Waals surface area contributed by atoms with Crippen LogP contribution in [0.15, 0.2) is 12.1 Å². The highest BCUT2D eigenvalue weighted by atomic mass is 35.5. The highest BCUT2D eigenvalue weighted by Gasteiger charge is 2.06. The van der Waals surface area contributed by atoms with Gasteiger partial charge in [-0.05, 0) is 12.1 Å². The number of nitrogen functional groups attached to an aromatic ring is 1. The minimum atomic E-state index is 0.344. The predicted molar refractivity (Wildman–Crippen MR) is 47.1 cm³/mol. The molecule has 0 unspecified atom stereocenters. The lowest BCUT2D eigenvalue weighted by Crippen LogP contribution is -1.92. The number of hydrogen-bond acceptors (Lipinski definition) is 3. The van der Waals surface area contributed by atoms with Crippen molar-refractivity contribution in [3.05, 3.63) is 22.7 Å². The maximum absolute atomic E-state index is 8.57. The van der Waals surface area contributed by atoms with E-state index >= 15 is 0 Å². The number of benzene rings is 1. The second-order valence-electron chi connectivity index (χ2n) is 2.19. The third-order valence-electron chi connectivity index (χ3n) is 1.42. The van der Waals surface area contributed by atoms with E-state index in [1.165, 1.54) is 13.2 Å². The fourth-order valence-corrected chi connectivity index (χ4v) is 1.02. The van der Waals surface area contributed by atoms with Crippen LogP contribution in [0.4, 0.5) is 5.69 Å². The molecule has 0 amide bonds. The molecule has 0 atom stereocenters. The molecule has 0 heterocycles. The maximum atomic E-state index is 8.57. The first-order valence-corrected chi connectivity index (χ1v) is 3.60. The predicted octanol–water partition coefficient (Wildman–Crippen LogP) is 1.80. The van der Waals surface area contributed by atoms with Gasteiger partial charge in [0.25, 0.3) is 0 Å². The third-order valence-corrected chi connectivity index (χ3v) is 1.82. The van der Waals surface area contributed by atoms with E-state index in [0.29, 0.717) is 22.0 Å². The normalized spacial score (nSPS) is 9.08. The Bertz CT molecular complexity index is 344. The smallest absolute Gasteiger partial charge is 0.140 e. The minimum Gasteiger partial charge on any atom is -0.495 e. The summed E-state index contributed by atoms with van der Waals surface area (Å²) in [7, 11) is 1.47. The molecule has 12 heavy (non-hydrogen) atoms. The SMILES string of the molecule is COc1cc(C#N)cc(N)c1Cl. The van der Waals surface area contributed by atoms with Crippen molar-refractivity contribution < 1.29 is 4.74 Å². The molecule has 0 saturated heterocycles. The number of anilines is 1. The Morgan fingerprint density at radius 3 is 2.75 bits per heavy atom. The number of hydrogen-bond donors (Lipinski definition) is 1. The molecule has 0 fully saturated rings. The molecule has 3 nitrogen and oxygen atoms in total. The van der Waals surface area contributed by atoms with Gasteiger partial charge in [0.1, 0.15) is 10.8 Å². The van der Waals surface area contributed by atoms with E-state index in [-0.39, 0.29) is 0 Å². The lowest BCUT2D eigenvalue weighted by atomic mass is 10.2. The second-order valence-corrected chi connectivity index (χ2v) is 2.57. The average Bonchev–Trinajstić information content (AvgIpc) is 2.09. The standard InChI is InChI=1S/C8H7ClN2O/c1-12-7-3-5(4-10)2-6(11)8(7)9/h2-3H,11H2,1H3. The molecule has 0 saturated carbocycles. The number of ether oxygens (including phenoxy) is 1. The minimum absolute atomic E-state index is 0.344. The van der Waals surface area contributed by atoms with Crippen molar-refractivity contribution in [2.75, 3.05) is 12.8 Å². The van der Waals surface area contributed by atoms with E-state index in [0.717, 1.165) is 0 Å². The Hall–Kier alpha value is -1.40. The van der Waals surface area contributed by atoms with Crippen molar-refractivity contribution in [2.24, 2.45) is 0 Å². The quantitative estimate of drug-likeness (QED) is 0.674. The first-order valence-electron chi connectivity index (χ1n) is 3.22. The van der Waals surface area contributed by atoms with Crippen LogP contribution in [-0.2, 0) is 0 Å². The summed E-state index contributed by atoms with van der Waals surface area (Å²) in [6, 6.07) is 5.00. The van der Waals surface area contributed by atoms with E-state index in [1.54, 1.807) is 6.07 Å². The Labute approximate surface area is 75.3 Å². The zero-order valence-electron chi connectivity index (χ0n) is 6.47. The van der Waals surface area contributed by atoms with E-state index < -0.39 is 0 Å². The summed E-state index contributed by atoms with van der Waals surface area (Å²) < 4.78 is 4.91. The van der Waals surface area contributed by atoms with Crippen molar-refractivity contribution in [2.45, 2.75) is 0 Å². The Morgan fingerprint density at radius 1 is 1.58 bits per heavy atom. The Balaban J connectivity index is 3.31. The van der Waals surface area contributed by atoms with Gasteiger partial charge in [-0.1, -0.05) is 11.6 Å². The van der Waals surface area contributed by atoms with Crippen molar-refractivity contribution in [1.82, 2.24) is 0 Å². The highest BCUT2D eigenvalue weighted by Crippen LogP contribution is 2.31. The van der Waals surface area contributed by atoms with Gasteiger partial charge in [0.2, 0.25) is 0 Å². The van der Waals surface area contributed by atoms with Crippen LogP contribution in [-0.4, -0.2) is 7.11 Å². The molecule has 1 aromatic rings. The van der Waals surface area contributed by atoms with E-state index in [2.05, 4.69) is 0 Å². The molecule has 0 radical (unpaired) electrons. The van der Waals surface area contributed by atoms with Gasteiger partial charge in [-0.25, -0.2) is 0 Å². The Morgan fingerprint density at radius 2 is 2.25 bits per heavy atom. The van der Waals surface area contributed by atoms with Crippen LogP contribution >= 0.6 is 11.6 Å². The van der Waals surface area contributed by atoms with Crippen molar-refractivity contribution >= 4 is 17.3 Å². The van der Waals surface area contributed by atoms with Crippen LogP contribution in [0.2, 0.25) is 5.02 Å². The highest BCUT2D eigenvalue weighted by molar-refractivity contribution is 6.34.